The molecule has 3 rings (SSSR count). The molecule has 0 aliphatic rings. The number of aromatic nitrogens is 3. The van der Waals surface area contributed by atoms with Gasteiger partial charge >= 0.3 is 6.18 Å². The van der Waals surface area contributed by atoms with Gasteiger partial charge in [0.1, 0.15) is 5.75 Å². The molecule has 1 aromatic carbocycles. The van der Waals surface area contributed by atoms with Crippen molar-refractivity contribution in [3.8, 4) is 17.0 Å². The highest BCUT2D eigenvalue weighted by atomic mass is 19.4. The van der Waals surface area contributed by atoms with E-state index in [0.29, 0.717) is 11.3 Å². The van der Waals surface area contributed by atoms with Crippen molar-refractivity contribution in [2.75, 3.05) is 0 Å². The Kier molecular flexibility index (Phi) is 5.10. The van der Waals surface area contributed by atoms with Crippen molar-refractivity contribution >= 4 is 0 Å². The van der Waals surface area contributed by atoms with Crippen molar-refractivity contribution in [3.05, 3.63) is 71.7 Å². The molecular weight excluding hydrogens is 367 g/mol. The van der Waals surface area contributed by atoms with Crippen molar-refractivity contribution in [1.29, 1.82) is 0 Å². The lowest BCUT2D eigenvalue weighted by Gasteiger charge is -2.34. The quantitative estimate of drug-likeness (QED) is 0.666. The molecule has 3 aromatic rings. The lowest BCUT2D eigenvalue weighted by Crippen LogP contribution is -2.31. The number of benzene rings is 1. The van der Waals surface area contributed by atoms with Crippen LogP contribution in [0.3, 0.4) is 0 Å². The average molecular weight is 387 g/mol. The van der Waals surface area contributed by atoms with Crippen LogP contribution in [0.4, 0.5) is 13.2 Å². The normalized spacial score (nSPS) is 14.1. The Bertz CT molecular complexity index is 937. The molecule has 1 atom stereocenters. The van der Waals surface area contributed by atoms with E-state index in [2.05, 4.69) is 36.0 Å². The van der Waals surface area contributed by atoms with Gasteiger partial charge in [0, 0.05) is 11.0 Å². The zero-order valence-electron chi connectivity index (χ0n) is 15.7. The number of rotatable bonds is 4. The molecule has 0 fully saturated rings. The smallest absolute Gasteiger partial charge is 0.435 e. The standard InChI is InChI=1S/C21H20F3N3O/c1-13(2)20(3,18-10-8-16(28)12-25-18)15-6-4-14(5-7-15)17-9-11-19(27-26-17)21(22,23)24/h4-13,28H,1-3H3. The van der Waals surface area contributed by atoms with Crippen LogP contribution in [0.2, 0.25) is 0 Å². The largest absolute Gasteiger partial charge is 0.506 e. The van der Waals surface area contributed by atoms with E-state index in [4.69, 9.17) is 0 Å². The van der Waals surface area contributed by atoms with Gasteiger partial charge in [0.25, 0.3) is 0 Å². The summed E-state index contributed by atoms with van der Waals surface area (Å²) in [5, 5.41) is 16.5. The van der Waals surface area contributed by atoms with Crippen LogP contribution in [0.1, 0.15) is 37.7 Å². The first-order chi connectivity index (χ1) is 13.1. The fourth-order valence-electron chi connectivity index (χ4n) is 3.09. The Morgan fingerprint density at radius 1 is 0.857 bits per heavy atom. The van der Waals surface area contributed by atoms with E-state index in [-0.39, 0.29) is 11.7 Å². The molecule has 146 valence electrons. The number of alkyl halides is 3. The van der Waals surface area contributed by atoms with Gasteiger partial charge in [-0.3, -0.25) is 4.98 Å². The van der Waals surface area contributed by atoms with Gasteiger partial charge in [-0.05, 0) is 42.7 Å². The Labute approximate surface area is 161 Å². The van der Waals surface area contributed by atoms with Gasteiger partial charge in [-0.2, -0.15) is 13.2 Å². The second kappa shape index (κ2) is 7.22. The van der Waals surface area contributed by atoms with Crippen LogP contribution in [0.25, 0.3) is 11.3 Å². The molecule has 0 aliphatic carbocycles. The molecule has 0 saturated heterocycles. The minimum Gasteiger partial charge on any atom is -0.506 e. The highest BCUT2D eigenvalue weighted by molar-refractivity contribution is 5.59. The van der Waals surface area contributed by atoms with Crippen LogP contribution in [0.5, 0.6) is 5.75 Å². The summed E-state index contributed by atoms with van der Waals surface area (Å²) in [7, 11) is 0. The highest BCUT2D eigenvalue weighted by Gasteiger charge is 2.34. The summed E-state index contributed by atoms with van der Waals surface area (Å²) in [6.07, 6.45) is -3.09. The number of hydrogen-bond acceptors (Lipinski definition) is 4. The van der Waals surface area contributed by atoms with Crippen molar-refractivity contribution in [2.45, 2.75) is 32.4 Å². The second-order valence-electron chi connectivity index (χ2n) is 7.14. The molecular formula is C21H20F3N3O. The molecule has 0 aliphatic heterocycles. The molecule has 2 heterocycles. The average Bonchev–Trinajstić information content (AvgIpc) is 2.67. The molecule has 0 spiro atoms. The Hall–Kier alpha value is -2.96. The van der Waals surface area contributed by atoms with Gasteiger partial charge in [-0.25, -0.2) is 0 Å². The second-order valence-corrected chi connectivity index (χ2v) is 7.14. The molecule has 0 bridgehead atoms. The Morgan fingerprint density at radius 2 is 1.50 bits per heavy atom. The number of halogens is 3. The molecule has 1 N–H and O–H groups in total. The van der Waals surface area contributed by atoms with Gasteiger partial charge in [0.2, 0.25) is 0 Å². The third kappa shape index (κ3) is 3.69. The summed E-state index contributed by atoms with van der Waals surface area (Å²) >= 11 is 0. The third-order valence-electron chi connectivity index (χ3n) is 5.17. The molecule has 0 amide bonds. The van der Waals surface area contributed by atoms with E-state index in [1.54, 1.807) is 12.1 Å². The summed E-state index contributed by atoms with van der Waals surface area (Å²) in [6.45, 7) is 6.25. The Balaban J connectivity index is 1.95. The number of hydrogen-bond donors (Lipinski definition) is 1. The van der Waals surface area contributed by atoms with Crippen molar-refractivity contribution in [1.82, 2.24) is 15.2 Å². The van der Waals surface area contributed by atoms with Crippen LogP contribution in [0, 0.1) is 5.92 Å². The zero-order valence-corrected chi connectivity index (χ0v) is 15.7. The topological polar surface area (TPSA) is 58.9 Å². The monoisotopic (exact) mass is 387 g/mol. The fourth-order valence-corrected chi connectivity index (χ4v) is 3.09. The maximum atomic E-state index is 12.6. The van der Waals surface area contributed by atoms with Crippen LogP contribution in [-0.2, 0) is 11.6 Å². The van der Waals surface area contributed by atoms with Crippen LogP contribution in [-0.4, -0.2) is 20.3 Å². The first-order valence-corrected chi connectivity index (χ1v) is 8.79. The van der Waals surface area contributed by atoms with Crippen LogP contribution >= 0.6 is 0 Å². The van der Waals surface area contributed by atoms with Crippen LogP contribution < -0.4 is 0 Å². The molecule has 1 unspecified atom stereocenters. The van der Waals surface area contributed by atoms with E-state index >= 15 is 0 Å². The number of aromatic hydroxyl groups is 1. The predicted molar refractivity (Wildman–Crippen MR) is 99.7 cm³/mol. The van der Waals surface area contributed by atoms with Gasteiger partial charge in [-0.15, -0.1) is 10.2 Å². The summed E-state index contributed by atoms with van der Waals surface area (Å²) in [6, 6.07) is 13.1. The highest BCUT2D eigenvalue weighted by Crippen LogP contribution is 2.39. The van der Waals surface area contributed by atoms with E-state index in [1.165, 1.54) is 12.3 Å². The number of nitrogens with zero attached hydrogens (tertiary/aromatic N) is 3. The van der Waals surface area contributed by atoms with Crippen molar-refractivity contribution < 1.29 is 18.3 Å². The van der Waals surface area contributed by atoms with Crippen LogP contribution in [0.15, 0.2) is 54.7 Å². The van der Waals surface area contributed by atoms with Crippen molar-refractivity contribution in [3.63, 3.8) is 0 Å². The first-order valence-electron chi connectivity index (χ1n) is 8.79. The molecule has 4 nitrogen and oxygen atoms in total. The van der Waals surface area contributed by atoms with E-state index in [9.17, 15) is 18.3 Å². The lowest BCUT2D eigenvalue weighted by molar-refractivity contribution is -0.141. The summed E-state index contributed by atoms with van der Waals surface area (Å²) in [4.78, 5) is 4.38. The van der Waals surface area contributed by atoms with E-state index in [1.807, 2.05) is 24.3 Å². The molecule has 28 heavy (non-hydrogen) atoms. The molecule has 0 radical (unpaired) electrons. The maximum absolute atomic E-state index is 12.6. The summed E-state index contributed by atoms with van der Waals surface area (Å²) < 4.78 is 37.9. The van der Waals surface area contributed by atoms with Gasteiger partial charge in [0.15, 0.2) is 5.69 Å². The van der Waals surface area contributed by atoms with E-state index in [0.717, 1.165) is 17.3 Å². The number of pyridine rings is 1. The summed E-state index contributed by atoms with van der Waals surface area (Å²) in [5.74, 6) is 0.312. The Morgan fingerprint density at radius 3 is 1.96 bits per heavy atom. The lowest BCUT2D eigenvalue weighted by atomic mass is 9.70. The van der Waals surface area contributed by atoms with Gasteiger partial charge < -0.3 is 5.11 Å². The minimum atomic E-state index is -4.51. The molecule has 7 heteroatoms. The van der Waals surface area contributed by atoms with E-state index < -0.39 is 17.3 Å². The zero-order chi connectivity index (χ0) is 20.5. The van der Waals surface area contributed by atoms with Gasteiger partial charge in [-0.1, -0.05) is 38.1 Å². The first kappa shape index (κ1) is 19.8. The third-order valence-corrected chi connectivity index (χ3v) is 5.17. The minimum absolute atomic E-state index is 0.103. The molecule has 2 aromatic heterocycles. The van der Waals surface area contributed by atoms with Gasteiger partial charge in [0.05, 0.1) is 17.6 Å². The SMILES string of the molecule is CC(C)C(C)(c1ccc(-c2ccc(C(F)(F)F)nn2)cc1)c1ccc(O)cn1. The summed E-state index contributed by atoms with van der Waals surface area (Å²) in [5.41, 5.74) is 1.45. The predicted octanol–water partition coefficient (Wildman–Crippen LogP) is 5.23. The fraction of sp³-hybridized carbons (Fsp3) is 0.286. The van der Waals surface area contributed by atoms with Crippen molar-refractivity contribution in [2.24, 2.45) is 5.92 Å². The molecule has 0 saturated carbocycles. The maximum Gasteiger partial charge on any atom is 0.435 e.